The van der Waals surface area contributed by atoms with Crippen LogP contribution in [0.1, 0.15) is 77.6 Å². The summed E-state index contributed by atoms with van der Waals surface area (Å²) in [6.45, 7) is 3.15. The molecule has 0 aromatic carbocycles. The van der Waals surface area contributed by atoms with E-state index in [0.717, 1.165) is 32.3 Å². The summed E-state index contributed by atoms with van der Waals surface area (Å²) < 4.78 is 5.81. The van der Waals surface area contributed by atoms with Crippen molar-refractivity contribution in [2.75, 3.05) is 6.61 Å². The van der Waals surface area contributed by atoms with Crippen LogP contribution in [0, 0.1) is 0 Å². The van der Waals surface area contributed by atoms with Crippen molar-refractivity contribution in [2.24, 2.45) is 0 Å². The number of carbonyl (C=O) groups is 1. The molecule has 0 heterocycles. The molecule has 0 saturated heterocycles. The lowest BCUT2D eigenvalue weighted by Gasteiger charge is -2.21. The maximum atomic E-state index is 11.1. The Morgan fingerprint density at radius 3 is 2.24 bits per heavy atom. The first-order valence-electron chi connectivity index (χ1n) is 7.46. The lowest BCUT2D eigenvalue weighted by molar-refractivity contribution is -0.123. The second-order valence-electron chi connectivity index (χ2n) is 5.23. The highest BCUT2D eigenvalue weighted by Gasteiger charge is 2.18. The van der Waals surface area contributed by atoms with E-state index in [0.29, 0.717) is 11.9 Å². The van der Waals surface area contributed by atoms with Gasteiger partial charge in [0.2, 0.25) is 0 Å². The summed E-state index contributed by atoms with van der Waals surface area (Å²) in [5, 5.41) is 0. The van der Waals surface area contributed by atoms with Gasteiger partial charge in [0.15, 0.2) is 0 Å². The Morgan fingerprint density at radius 2 is 1.59 bits per heavy atom. The van der Waals surface area contributed by atoms with E-state index in [9.17, 15) is 4.79 Å². The number of rotatable bonds is 9. The fourth-order valence-corrected chi connectivity index (χ4v) is 2.39. The summed E-state index contributed by atoms with van der Waals surface area (Å²) in [6, 6.07) is 0. The van der Waals surface area contributed by atoms with E-state index in [-0.39, 0.29) is 0 Å². The van der Waals surface area contributed by atoms with Gasteiger partial charge in [-0.15, -0.1) is 0 Å². The first-order chi connectivity index (χ1) is 8.33. The zero-order chi connectivity index (χ0) is 12.3. The number of Topliss-reactive ketones (excluding diaryl/α,β-unsaturated/α-hetero) is 1. The van der Waals surface area contributed by atoms with Crippen molar-refractivity contribution in [3.63, 3.8) is 0 Å². The Bertz CT molecular complexity index is 191. The summed E-state index contributed by atoms with van der Waals surface area (Å²) >= 11 is 0. The molecule has 100 valence electrons. The average Bonchev–Trinajstić information content (AvgIpc) is 2.35. The van der Waals surface area contributed by atoms with Crippen molar-refractivity contribution in [3.8, 4) is 0 Å². The monoisotopic (exact) mass is 240 g/mol. The van der Waals surface area contributed by atoms with Crippen LogP contribution in [0.2, 0.25) is 0 Å². The van der Waals surface area contributed by atoms with E-state index in [1.54, 1.807) is 0 Å². The number of carbonyl (C=O) groups excluding carboxylic acids is 1. The Hall–Kier alpha value is -0.370. The van der Waals surface area contributed by atoms with Gasteiger partial charge >= 0.3 is 0 Å². The molecule has 1 aliphatic carbocycles. The van der Waals surface area contributed by atoms with Gasteiger partial charge in [0, 0.05) is 19.4 Å². The minimum atomic E-state index is 0.368. The first-order valence-corrected chi connectivity index (χ1v) is 7.46. The van der Waals surface area contributed by atoms with Gasteiger partial charge in [0.25, 0.3) is 0 Å². The van der Waals surface area contributed by atoms with Crippen molar-refractivity contribution in [3.05, 3.63) is 0 Å². The van der Waals surface area contributed by atoms with E-state index in [4.69, 9.17) is 4.74 Å². The standard InChI is InChI=1S/C15H28O2/c1-2-3-4-5-6-7-8-13-17-15-11-9-14(16)10-12-15/h15H,2-13H2,1H3. The highest BCUT2D eigenvalue weighted by Crippen LogP contribution is 2.18. The molecule has 0 bridgehead atoms. The molecule has 0 atom stereocenters. The third-order valence-corrected chi connectivity index (χ3v) is 3.59. The molecule has 0 N–H and O–H groups in total. The van der Waals surface area contributed by atoms with Gasteiger partial charge in [-0.1, -0.05) is 45.4 Å². The lowest BCUT2D eigenvalue weighted by Crippen LogP contribution is -2.21. The van der Waals surface area contributed by atoms with E-state index < -0.39 is 0 Å². The van der Waals surface area contributed by atoms with Gasteiger partial charge in [0.05, 0.1) is 6.10 Å². The van der Waals surface area contributed by atoms with Gasteiger partial charge in [-0.25, -0.2) is 0 Å². The van der Waals surface area contributed by atoms with Crippen LogP contribution in [0.3, 0.4) is 0 Å². The molecular formula is C15H28O2. The molecule has 17 heavy (non-hydrogen) atoms. The predicted octanol–water partition coefficient (Wildman–Crippen LogP) is 4.27. The van der Waals surface area contributed by atoms with Crippen LogP contribution < -0.4 is 0 Å². The van der Waals surface area contributed by atoms with Crippen LogP contribution in [0.25, 0.3) is 0 Å². The molecule has 0 spiro atoms. The number of ketones is 1. The molecule has 0 unspecified atom stereocenters. The maximum Gasteiger partial charge on any atom is 0.133 e. The molecule has 1 fully saturated rings. The molecule has 1 saturated carbocycles. The summed E-state index contributed by atoms with van der Waals surface area (Å²) in [5.41, 5.74) is 0. The fraction of sp³-hybridized carbons (Fsp3) is 0.933. The highest BCUT2D eigenvalue weighted by atomic mass is 16.5. The summed E-state index contributed by atoms with van der Waals surface area (Å²) in [6.07, 6.45) is 13.1. The maximum absolute atomic E-state index is 11.1. The minimum Gasteiger partial charge on any atom is -0.378 e. The zero-order valence-corrected chi connectivity index (χ0v) is 11.4. The topological polar surface area (TPSA) is 26.3 Å². The third kappa shape index (κ3) is 7.54. The zero-order valence-electron chi connectivity index (χ0n) is 11.4. The van der Waals surface area contributed by atoms with Crippen LogP contribution in [-0.4, -0.2) is 18.5 Å². The van der Waals surface area contributed by atoms with Crippen LogP contribution in [0.4, 0.5) is 0 Å². The molecule has 2 nitrogen and oxygen atoms in total. The third-order valence-electron chi connectivity index (χ3n) is 3.59. The van der Waals surface area contributed by atoms with Gasteiger partial charge < -0.3 is 4.74 Å². The fourth-order valence-electron chi connectivity index (χ4n) is 2.39. The highest BCUT2D eigenvalue weighted by molar-refractivity contribution is 5.79. The Balaban J connectivity index is 1.82. The van der Waals surface area contributed by atoms with Crippen molar-refractivity contribution in [1.82, 2.24) is 0 Å². The van der Waals surface area contributed by atoms with E-state index in [1.807, 2.05) is 0 Å². The average molecular weight is 240 g/mol. The van der Waals surface area contributed by atoms with Crippen LogP contribution in [0.5, 0.6) is 0 Å². The van der Waals surface area contributed by atoms with Crippen molar-refractivity contribution >= 4 is 5.78 Å². The summed E-state index contributed by atoms with van der Waals surface area (Å²) in [4.78, 5) is 11.1. The minimum absolute atomic E-state index is 0.368. The number of hydrogen-bond donors (Lipinski definition) is 0. The van der Waals surface area contributed by atoms with E-state index >= 15 is 0 Å². The Morgan fingerprint density at radius 1 is 1.00 bits per heavy atom. The van der Waals surface area contributed by atoms with Crippen molar-refractivity contribution in [1.29, 1.82) is 0 Å². The molecule has 1 rings (SSSR count). The van der Waals surface area contributed by atoms with E-state index in [1.165, 1.54) is 44.9 Å². The van der Waals surface area contributed by atoms with Gasteiger partial charge in [-0.3, -0.25) is 4.79 Å². The summed E-state index contributed by atoms with van der Waals surface area (Å²) in [7, 11) is 0. The normalized spacial score (nSPS) is 17.6. The molecule has 0 amide bonds. The number of ether oxygens (including phenoxy) is 1. The number of hydrogen-bond acceptors (Lipinski definition) is 2. The Labute approximate surface area is 106 Å². The summed E-state index contributed by atoms with van der Waals surface area (Å²) in [5.74, 6) is 0.417. The van der Waals surface area contributed by atoms with Gasteiger partial charge in [0.1, 0.15) is 5.78 Å². The first kappa shape index (κ1) is 14.7. The Kier molecular flexibility index (Phi) is 8.33. The van der Waals surface area contributed by atoms with Gasteiger partial charge in [-0.05, 0) is 19.3 Å². The second-order valence-corrected chi connectivity index (χ2v) is 5.23. The van der Waals surface area contributed by atoms with Crippen molar-refractivity contribution in [2.45, 2.75) is 83.7 Å². The number of unbranched alkanes of at least 4 members (excludes halogenated alkanes) is 6. The molecule has 0 aromatic heterocycles. The molecule has 0 aliphatic heterocycles. The van der Waals surface area contributed by atoms with Crippen LogP contribution in [0.15, 0.2) is 0 Å². The van der Waals surface area contributed by atoms with Crippen LogP contribution >= 0.6 is 0 Å². The molecule has 2 heteroatoms. The van der Waals surface area contributed by atoms with Crippen molar-refractivity contribution < 1.29 is 9.53 Å². The smallest absolute Gasteiger partial charge is 0.133 e. The molecule has 0 aromatic rings. The van der Waals surface area contributed by atoms with Gasteiger partial charge in [-0.2, -0.15) is 0 Å². The van der Waals surface area contributed by atoms with Crippen LogP contribution in [-0.2, 0) is 9.53 Å². The van der Waals surface area contributed by atoms with E-state index in [2.05, 4.69) is 6.92 Å². The SMILES string of the molecule is CCCCCCCCCOC1CCC(=O)CC1. The second kappa shape index (κ2) is 9.64. The largest absolute Gasteiger partial charge is 0.378 e. The predicted molar refractivity (Wildman–Crippen MR) is 71.2 cm³/mol. The molecule has 1 aliphatic rings. The molecular weight excluding hydrogens is 212 g/mol. The lowest BCUT2D eigenvalue weighted by atomic mass is 9.96. The molecule has 0 radical (unpaired) electrons. The quantitative estimate of drug-likeness (QED) is 0.563.